The molecule has 1 aliphatic rings. The Balaban J connectivity index is 2.06. The number of hydrogen-bond donors (Lipinski definition) is 1. The minimum absolute atomic E-state index is 0.0534. The van der Waals surface area contributed by atoms with Crippen LogP contribution in [0, 0.1) is 11.8 Å². The molecule has 1 amide bonds. The first kappa shape index (κ1) is 20.7. The van der Waals surface area contributed by atoms with E-state index in [0.29, 0.717) is 24.9 Å². The van der Waals surface area contributed by atoms with Gasteiger partial charge in [-0.3, -0.25) is 4.79 Å². The molecule has 26 heavy (non-hydrogen) atoms. The lowest BCUT2D eigenvalue weighted by Crippen LogP contribution is -2.44. The normalized spacial score (nSPS) is 20.7. The van der Waals surface area contributed by atoms with Crippen LogP contribution in [0.3, 0.4) is 0 Å². The summed E-state index contributed by atoms with van der Waals surface area (Å²) >= 11 is 5.98. The van der Waals surface area contributed by atoms with Gasteiger partial charge in [0, 0.05) is 13.1 Å². The number of nitrogens with one attached hydrogen (secondary N) is 1. The standard InChI is InChI=1S/C17H23ClN2O5S/c1-11-6-12(2)9-20(8-11)16(21)10-25-17(22)14-7-13(4-5-15(14)18)26(23,24)19-3/h4-5,7,11-12,19H,6,8-10H2,1-3H3. The van der Waals surface area contributed by atoms with Crippen molar-refractivity contribution in [3.63, 3.8) is 0 Å². The molecule has 1 N–H and O–H groups in total. The van der Waals surface area contributed by atoms with E-state index < -0.39 is 22.6 Å². The molecule has 0 radical (unpaired) electrons. The van der Waals surface area contributed by atoms with Crippen LogP contribution in [0.1, 0.15) is 30.6 Å². The number of piperidine rings is 1. The SMILES string of the molecule is CNS(=O)(=O)c1ccc(Cl)c(C(=O)OCC(=O)N2CC(C)CC(C)C2)c1. The monoisotopic (exact) mass is 402 g/mol. The Morgan fingerprint density at radius 2 is 1.88 bits per heavy atom. The molecule has 2 atom stereocenters. The molecule has 0 aliphatic carbocycles. The maximum atomic E-state index is 12.3. The van der Waals surface area contributed by atoms with Gasteiger partial charge in [-0.15, -0.1) is 0 Å². The highest BCUT2D eigenvalue weighted by Crippen LogP contribution is 2.23. The molecule has 2 rings (SSSR count). The first-order chi connectivity index (χ1) is 12.1. The predicted molar refractivity (Wildman–Crippen MR) is 97.5 cm³/mol. The van der Waals surface area contributed by atoms with Gasteiger partial charge in [-0.05, 0) is 43.5 Å². The van der Waals surface area contributed by atoms with Gasteiger partial charge in [0.15, 0.2) is 6.61 Å². The average molecular weight is 403 g/mol. The van der Waals surface area contributed by atoms with E-state index in [0.717, 1.165) is 12.5 Å². The summed E-state index contributed by atoms with van der Waals surface area (Å²) in [6.45, 7) is 5.03. The van der Waals surface area contributed by atoms with Crippen molar-refractivity contribution >= 4 is 33.5 Å². The fraction of sp³-hybridized carbons (Fsp3) is 0.529. The van der Waals surface area contributed by atoms with Gasteiger partial charge >= 0.3 is 5.97 Å². The largest absolute Gasteiger partial charge is 0.452 e. The second kappa shape index (κ2) is 8.37. The van der Waals surface area contributed by atoms with Gasteiger partial charge in [-0.25, -0.2) is 17.9 Å². The number of hydrogen-bond acceptors (Lipinski definition) is 5. The lowest BCUT2D eigenvalue weighted by Gasteiger charge is -2.34. The van der Waals surface area contributed by atoms with Gasteiger partial charge in [0.2, 0.25) is 10.0 Å². The van der Waals surface area contributed by atoms with Gasteiger partial charge in [-0.1, -0.05) is 25.4 Å². The van der Waals surface area contributed by atoms with E-state index in [-0.39, 0.29) is 21.4 Å². The molecule has 0 aromatic heterocycles. The summed E-state index contributed by atoms with van der Waals surface area (Å²) in [6, 6.07) is 3.72. The molecule has 0 bridgehead atoms. The maximum absolute atomic E-state index is 12.3. The summed E-state index contributed by atoms with van der Waals surface area (Å²) in [6.07, 6.45) is 1.06. The highest BCUT2D eigenvalue weighted by Gasteiger charge is 2.26. The number of rotatable bonds is 5. The number of halogens is 1. The van der Waals surface area contributed by atoms with E-state index >= 15 is 0 Å². The number of benzene rings is 1. The second-order valence-electron chi connectivity index (χ2n) is 6.67. The Labute approximate surface area is 158 Å². The molecule has 1 aromatic rings. The smallest absolute Gasteiger partial charge is 0.340 e. The quantitative estimate of drug-likeness (QED) is 0.759. The predicted octanol–water partition coefficient (Wildman–Crippen LogP) is 1.91. The molecule has 1 aliphatic heterocycles. The topological polar surface area (TPSA) is 92.8 Å². The van der Waals surface area contributed by atoms with Crippen LogP contribution in [0.15, 0.2) is 23.1 Å². The summed E-state index contributed by atoms with van der Waals surface area (Å²) in [4.78, 5) is 26.1. The van der Waals surface area contributed by atoms with Gasteiger partial charge in [0.05, 0.1) is 15.5 Å². The molecule has 0 spiro atoms. The molecule has 1 heterocycles. The van der Waals surface area contributed by atoms with E-state index in [2.05, 4.69) is 18.6 Å². The Morgan fingerprint density at radius 1 is 1.27 bits per heavy atom. The molecule has 1 fully saturated rings. The van der Waals surface area contributed by atoms with Crippen molar-refractivity contribution < 1.29 is 22.7 Å². The number of sulfonamides is 1. The molecule has 1 saturated heterocycles. The number of carbonyl (C=O) groups excluding carboxylic acids is 2. The summed E-state index contributed by atoms with van der Waals surface area (Å²) < 4.78 is 30.9. The highest BCUT2D eigenvalue weighted by molar-refractivity contribution is 7.89. The summed E-state index contributed by atoms with van der Waals surface area (Å²) in [7, 11) is -2.46. The van der Waals surface area contributed by atoms with Crippen LogP contribution in [0.2, 0.25) is 5.02 Å². The maximum Gasteiger partial charge on any atom is 0.340 e. The molecule has 2 unspecified atom stereocenters. The fourth-order valence-corrected chi connectivity index (χ4v) is 4.06. The van der Waals surface area contributed by atoms with Crippen molar-refractivity contribution in [3.8, 4) is 0 Å². The third-order valence-electron chi connectivity index (χ3n) is 4.29. The minimum atomic E-state index is -3.72. The number of esters is 1. The summed E-state index contributed by atoms with van der Waals surface area (Å²) in [5.74, 6) is -0.311. The Hall–Kier alpha value is -1.64. The number of nitrogens with zero attached hydrogens (tertiary/aromatic N) is 1. The lowest BCUT2D eigenvalue weighted by molar-refractivity contribution is -0.137. The van der Waals surface area contributed by atoms with Crippen LogP contribution in [0.25, 0.3) is 0 Å². The Bertz CT molecular complexity index is 786. The minimum Gasteiger partial charge on any atom is -0.452 e. The van der Waals surface area contributed by atoms with Crippen molar-refractivity contribution in [2.75, 3.05) is 26.7 Å². The molecule has 144 valence electrons. The van der Waals surface area contributed by atoms with Crippen molar-refractivity contribution in [1.29, 1.82) is 0 Å². The van der Waals surface area contributed by atoms with Crippen LogP contribution in [-0.2, 0) is 19.6 Å². The zero-order valence-corrected chi connectivity index (χ0v) is 16.6. The zero-order valence-electron chi connectivity index (χ0n) is 15.0. The first-order valence-corrected chi connectivity index (χ1v) is 10.2. The van der Waals surface area contributed by atoms with Crippen LogP contribution in [0.4, 0.5) is 0 Å². The van der Waals surface area contributed by atoms with E-state index in [1.807, 2.05) is 0 Å². The highest BCUT2D eigenvalue weighted by atomic mass is 35.5. The molecule has 1 aromatic carbocycles. The van der Waals surface area contributed by atoms with Crippen LogP contribution >= 0.6 is 11.6 Å². The number of carbonyl (C=O) groups is 2. The fourth-order valence-electron chi connectivity index (χ4n) is 3.11. The third-order valence-corrected chi connectivity index (χ3v) is 6.03. The van der Waals surface area contributed by atoms with Crippen LogP contribution < -0.4 is 4.72 Å². The average Bonchev–Trinajstić information content (AvgIpc) is 2.58. The van der Waals surface area contributed by atoms with Crippen molar-refractivity contribution in [3.05, 3.63) is 28.8 Å². The van der Waals surface area contributed by atoms with Gasteiger partial charge in [0.1, 0.15) is 0 Å². The van der Waals surface area contributed by atoms with Crippen molar-refractivity contribution in [1.82, 2.24) is 9.62 Å². The molecular weight excluding hydrogens is 380 g/mol. The van der Waals surface area contributed by atoms with Crippen LogP contribution in [0.5, 0.6) is 0 Å². The molecular formula is C17H23ClN2O5S. The number of likely N-dealkylation sites (tertiary alicyclic amines) is 1. The lowest BCUT2D eigenvalue weighted by atomic mass is 9.92. The van der Waals surface area contributed by atoms with Crippen molar-refractivity contribution in [2.24, 2.45) is 11.8 Å². The Morgan fingerprint density at radius 3 is 2.46 bits per heavy atom. The number of amides is 1. The summed E-state index contributed by atoms with van der Waals surface area (Å²) in [5.41, 5.74) is -0.101. The van der Waals surface area contributed by atoms with Gasteiger partial charge in [-0.2, -0.15) is 0 Å². The molecule has 0 saturated carbocycles. The van der Waals surface area contributed by atoms with Gasteiger partial charge < -0.3 is 9.64 Å². The number of ether oxygens (including phenoxy) is 1. The van der Waals surface area contributed by atoms with E-state index in [4.69, 9.17) is 16.3 Å². The second-order valence-corrected chi connectivity index (χ2v) is 8.96. The van der Waals surface area contributed by atoms with E-state index in [9.17, 15) is 18.0 Å². The third kappa shape index (κ3) is 4.96. The van der Waals surface area contributed by atoms with Crippen molar-refractivity contribution in [2.45, 2.75) is 25.2 Å². The van der Waals surface area contributed by atoms with E-state index in [1.165, 1.54) is 19.2 Å². The zero-order chi connectivity index (χ0) is 19.5. The first-order valence-electron chi connectivity index (χ1n) is 8.32. The van der Waals surface area contributed by atoms with Gasteiger partial charge in [0.25, 0.3) is 5.91 Å². The van der Waals surface area contributed by atoms with E-state index in [1.54, 1.807) is 4.90 Å². The summed E-state index contributed by atoms with van der Waals surface area (Å²) in [5, 5.41) is 0.0534. The van der Waals surface area contributed by atoms with Crippen LogP contribution in [-0.4, -0.2) is 51.9 Å². The molecule has 7 nitrogen and oxygen atoms in total. The molecule has 9 heteroatoms. The Kier molecular flexibility index (Phi) is 6.65.